The first-order valence-corrected chi connectivity index (χ1v) is 6.32. The summed E-state index contributed by atoms with van der Waals surface area (Å²) in [5.74, 6) is -0.371. The zero-order valence-corrected chi connectivity index (χ0v) is 11.3. The van der Waals surface area contributed by atoms with Gasteiger partial charge >= 0.3 is 0 Å². The van der Waals surface area contributed by atoms with Gasteiger partial charge in [0.25, 0.3) is 0 Å². The minimum Gasteiger partial charge on any atom is -0.341 e. The number of carbonyl (C=O) groups is 1. The summed E-state index contributed by atoms with van der Waals surface area (Å²) in [5.41, 5.74) is 0. The molecule has 1 aliphatic rings. The van der Waals surface area contributed by atoms with Crippen molar-refractivity contribution in [3.8, 4) is 6.07 Å². The number of piperidine rings is 1. The second-order valence-corrected chi connectivity index (χ2v) is 5.37. The van der Waals surface area contributed by atoms with Crippen LogP contribution in [0.4, 0.5) is 0 Å². The van der Waals surface area contributed by atoms with E-state index in [1.54, 1.807) is 0 Å². The van der Waals surface area contributed by atoms with Gasteiger partial charge in [-0.25, -0.2) is 0 Å². The van der Waals surface area contributed by atoms with Crippen molar-refractivity contribution in [2.45, 2.75) is 32.7 Å². The van der Waals surface area contributed by atoms with Gasteiger partial charge in [0.2, 0.25) is 5.91 Å². The van der Waals surface area contributed by atoms with Gasteiger partial charge < -0.3 is 9.80 Å². The van der Waals surface area contributed by atoms with Crippen molar-refractivity contribution >= 4 is 5.91 Å². The van der Waals surface area contributed by atoms with Crippen LogP contribution in [0.1, 0.15) is 26.7 Å². The van der Waals surface area contributed by atoms with Gasteiger partial charge in [-0.2, -0.15) is 5.26 Å². The van der Waals surface area contributed by atoms with Crippen LogP contribution in [-0.4, -0.2) is 48.9 Å². The van der Waals surface area contributed by atoms with Crippen molar-refractivity contribution in [3.05, 3.63) is 0 Å². The maximum atomic E-state index is 12.1. The van der Waals surface area contributed by atoms with Gasteiger partial charge in [0.15, 0.2) is 0 Å². The lowest BCUT2D eigenvalue weighted by atomic mass is 9.94. The van der Waals surface area contributed by atoms with Crippen LogP contribution in [0.2, 0.25) is 0 Å². The Morgan fingerprint density at radius 2 is 1.88 bits per heavy atom. The molecule has 17 heavy (non-hydrogen) atoms. The molecular weight excluding hydrogens is 214 g/mol. The summed E-state index contributed by atoms with van der Waals surface area (Å²) < 4.78 is 0. The van der Waals surface area contributed by atoms with Crippen molar-refractivity contribution in [2.75, 3.05) is 27.2 Å². The molecule has 1 atom stereocenters. The number of hydrogen-bond acceptors (Lipinski definition) is 3. The van der Waals surface area contributed by atoms with Crippen molar-refractivity contribution < 1.29 is 4.79 Å². The molecule has 1 heterocycles. The van der Waals surface area contributed by atoms with Gasteiger partial charge in [-0.05, 0) is 32.9 Å². The monoisotopic (exact) mass is 237 g/mol. The van der Waals surface area contributed by atoms with E-state index in [-0.39, 0.29) is 11.8 Å². The molecule has 0 aromatic rings. The lowest BCUT2D eigenvalue weighted by Crippen LogP contribution is -2.46. The molecule has 1 amide bonds. The predicted molar refractivity (Wildman–Crippen MR) is 67.2 cm³/mol. The van der Waals surface area contributed by atoms with Crippen molar-refractivity contribution in [2.24, 2.45) is 11.8 Å². The number of rotatable bonds is 3. The summed E-state index contributed by atoms with van der Waals surface area (Å²) in [6.45, 7) is 5.43. The summed E-state index contributed by atoms with van der Waals surface area (Å²) in [6.07, 6.45) is 2.02. The van der Waals surface area contributed by atoms with Crippen LogP contribution in [0.5, 0.6) is 0 Å². The Morgan fingerprint density at radius 3 is 2.24 bits per heavy atom. The molecule has 96 valence electrons. The summed E-state index contributed by atoms with van der Waals surface area (Å²) in [7, 11) is 4.16. The molecule has 0 N–H and O–H groups in total. The zero-order chi connectivity index (χ0) is 13.0. The molecule has 0 spiro atoms. The van der Waals surface area contributed by atoms with Crippen LogP contribution in [0.25, 0.3) is 0 Å². The van der Waals surface area contributed by atoms with E-state index in [1.807, 2.05) is 18.7 Å². The SMILES string of the molecule is CC(C)C(C#N)C(=O)N1CCC(N(C)C)CC1. The van der Waals surface area contributed by atoms with Crippen molar-refractivity contribution in [1.82, 2.24) is 9.80 Å². The Hall–Kier alpha value is -1.08. The minimum atomic E-state index is -0.481. The van der Waals surface area contributed by atoms with Gasteiger partial charge in [0, 0.05) is 19.1 Å². The van der Waals surface area contributed by atoms with E-state index < -0.39 is 5.92 Å². The van der Waals surface area contributed by atoms with Gasteiger partial charge in [-0.3, -0.25) is 4.79 Å². The molecule has 0 aromatic carbocycles. The fraction of sp³-hybridized carbons (Fsp3) is 0.846. The number of carbonyl (C=O) groups excluding carboxylic acids is 1. The third-order valence-corrected chi connectivity index (χ3v) is 3.58. The molecule has 0 bridgehead atoms. The normalized spacial score (nSPS) is 19.5. The third-order valence-electron chi connectivity index (χ3n) is 3.58. The molecule has 0 aliphatic carbocycles. The molecule has 1 unspecified atom stereocenters. The first kappa shape index (κ1) is 14.0. The lowest BCUT2D eigenvalue weighted by molar-refractivity contribution is -0.136. The highest BCUT2D eigenvalue weighted by atomic mass is 16.2. The number of hydrogen-bond donors (Lipinski definition) is 0. The van der Waals surface area contributed by atoms with Crippen LogP contribution < -0.4 is 0 Å². The van der Waals surface area contributed by atoms with Crippen LogP contribution >= 0.6 is 0 Å². The minimum absolute atomic E-state index is 0.0136. The van der Waals surface area contributed by atoms with E-state index in [1.165, 1.54) is 0 Å². The standard InChI is InChI=1S/C13H23N3O/c1-10(2)12(9-14)13(17)16-7-5-11(6-8-16)15(3)4/h10-12H,5-8H2,1-4H3. The fourth-order valence-corrected chi connectivity index (χ4v) is 2.29. The highest BCUT2D eigenvalue weighted by Crippen LogP contribution is 2.19. The second kappa shape index (κ2) is 6.02. The van der Waals surface area contributed by atoms with Gasteiger partial charge in [-0.15, -0.1) is 0 Å². The molecule has 1 aliphatic heterocycles. The second-order valence-electron chi connectivity index (χ2n) is 5.37. The van der Waals surface area contributed by atoms with E-state index in [0.29, 0.717) is 6.04 Å². The summed E-state index contributed by atoms with van der Waals surface area (Å²) in [4.78, 5) is 16.2. The highest BCUT2D eigenvalue weighted by molar-refractivity contribution is 5.81. The smallest absolute Gasteiger partial charge is 0.240 e. The van der Waals surface area contributed by atoms with Crippen LogP contribution in [0, 0.1) is 23.2 Å². The van der Waals surface area contributed by atoms with Crippen LogP contribution in [0.15, 0.2) is 0 Å². The maximum absolute atomic E-state index is 12.1. The maximum Gasteiger partial charge on any atom is 0.240 e. The van der Waals surface area contributed by atoms with Gasteiger partial charge in [0.05, 0.1) is 6.07 Å². The van der Waals surface area contributed by atoms with E-state index in [0.717, 1.165) is 25.9 Å². The van der Waals surface area contributed by atoms with E-state index in [2.05, 4.69) is 25.1 Å². The zero-order valence-electron chi connectivity index (χ0n) is 11.3. The molecule has 1 rings (SSSR count). The number of likely N-dealkylation sites (tertiary alicyclic amines) is 1. The summed E-state index contributed by atoms with van der Waals surface area (Å²) in [6, 6.07) is 2.70. The number of nitrogens with zero attached hydrogens (tertiary/aromatic N) is 3. The van der Waals surface area contributed by atoms with Crippen LogP contribution in [0.3, 0.4) is 0 Å². The highest BCUT2D eigenvalue weighted by Gasteiger charge is 2.30. The van der Waals surface area contributed by atoms with Gasteiger partial charge in [-0.1, -0.05) is 13.8 Å². The molecule has 4 nitrogen and oxygen atoms in total. The van der Waals surface area contributed by atoms with Crippen molar-refractivity contribution in [1.29, 1.82) is 5.26 Å². The molecule has 4 heteroatoms. The number of nitriles is 1. The molecule has 1 fully saturated rings. The first-order valence-electron chi connectivity index (χ1n) is 6.32. The Morgan fingerprint density at radius 1 is 1.35 bits per heavy atom. The Balaban J connectivity index is 2.54. The summed E-state index contributed by atoms with van der Waals surface area (Å²) in [5, 5.41) is 9.03. The molecule has 0 aromatic heterocycles. The Labute approximate surface area is 104 Å². The average Bonchev–Trinajstić information content (AvgIpc) is 2.29. The molecule has 0 saturated carbocycles. The Bertz CT molecular complexity index is 298. The van der Waals surface area contributed by atoms with Crippen LogP contribution in [-0.2, 0) is 4.79 Å². The molecule has 0 radical (unpaired) electrons. The first-order chi connectivity index (χ1) is 7.97. The molecular formula is C13H23N3O. The largest absolute Gasteiger partial charge is 0.341 e. The van der Waals surface area contributed by atoms with E-state index >= 15 is 0 Å². The predicted octanol–water partition coefficient (Wildman–Crippen LogP) is 1.33. The van der Waals surface area contributed by atoms with Crippen molar-refractivity contribution in [3.63, 3.8) is 0 Å². The lowest BCUT2D eigenvalue weighted by Gasteiger charge is -2.36. The fourth-order valence-electron chi connectivity index (χ4n) is 2.29. The van der Waals surface area contributed by atoms with Gasteiger partial charge in [0.1, 0.15) is 5.92 Å². The topological polar surface area (TPSA) is 47.3 Å². The summed E-state index contributed by atoms with van der Waals surface area (Å²) >= 11 is 0. The average molecular weight is 237 g/mol. The quantitative estimate of drug-likeness (QED) is 0.744. The Kier molecular flexibility index (Phi) is 4.95. The third kappa shape index (κ3) is 3.44. The van der Waals surface area contributed by atoms with E-state index in [9.17, 15) is 4.79 Å². The van der Waals surface area contributed by atoms with E-state index in [4.69, 9.17) is 5.26 Å². The molecule has 1 saturated heterocycles. The number of amides is 1.